The van der Waals surface area contributed by atoms with Gasteiger partial charge in [-0.05, 0) is 30.3 Å². The van der Waals surface area contributed by atoms with E-state index in [9.17, 15) is 14.9 Å². The van der Waals surface area contributed by atoms with Gasteiger partial charge in [0.2, 0.25) is 0 Å². The van der Waals surface area contributed by atoms with Crippen molar-refractivity contribution in [1.29, 1.82) is 0 Å². The average molecular weight is 301 g/mol. The molecule has 104 valence electrons. The molecule has 0 saturated heterocycles. The lowest BCUT2D eigenvalue weighted by Gasteiger charge is -2.06. The molecule has 0 atom stereocenters. The standard InChI is InChI=1S/C15H9ClN2O3/c1-2-10-4-3-5-12(8-10)17-15(19)11-6-7-14(18(20)21)13(16)9-11/h1,3-9H,(H,17,19). The van der Waals surface area contributed by atoms with Crippen LogP contribution in [0.4, 0.5) is 11.4 Å². The first-order valence-electron chi connectivity index (χ1n) is 5.83. The van der Waals surface area contributed by atoms with Crippen molar-refractivity contribution in [3.63, 3.8) is 0 Å². The molecule has 1 amide bonds. The van der Waals surface area contributed by atoms with E-state index < -0.39 is 10.8 Å². The fourth-order valence-electron chi connectivity index (χ4n) is 1.69. The predicted octanol–water partition coefficient (Wildman–Crippen LogP) is 3.48. The number of halogens is 1. The van der Waals surface area contributed by atoms with Gasteiger partial charge in [0.25, 0.3) is 11.6 Å². The smallest absolute Gasteiger partial charge is 0.287 e. The van der Waals surface area contributed by atoms with Crippen LogP contribution >= 0.6 is 11.6 Å². The van der Waals surface area contributed by atoms with Crippen LogP contribution in [0.3, 0.4) is 0 Å². The number of hydrogen-bond acceptors (Lipinski definition) is 3. The molecule has 2 aromatic carbocycles. The Morgan fingerprint density at radius 2 is 2.05 bits per heavy atom. The van der Waals surface area contributed by atoms with Crippen LogP contribution in [0, 0.1) is 22.5 Å². The summed E-state index contributed by atoms with van der Waals surface area (Å²) in [5.74, 6) is 2.03. The Kier molecular flexibility index (Phi) is 4.21. The minimum absolute atomic E-state index is 0.0926. The molecule has 0 aliphatic rings. The third-order valence-electron chi connectivity index (χ3n) is 2.69. The van der Waals surface area contributed by atoms with Crippen molar-refractivity contribution < 1.29 is 9.72 Å². The van der Waals surface area contributed by atoms with Crippen molar-refractivity contribution in [1.82, 2.24) is 0 Å². The number of amides is 1. The predicted molar refractivity (Wildman–Crippen MR) is 80.4 cm³/mol. The first-order chi connectivity index (χ1) is 10.0. The van der Waals surface area contributed by atoms with Gasteiger partial charge in [-0.25, -0.2) is 0 Å². The Hall–Kier alpha value is -2.84. The van der Waals surface area contributed by atoms with E-state index in [0.29, 0.717) is 11.3 Å². The summed E-state index contributed by atoms with van der Waals surface area (Å²) >= 11 is 5.77. The number of hydrogen-bond donors (Lipinski definition) is 1. The lowest BCUT2D eigenvalue weighted by Crippen LogP contribution is -2.12. The molecule has 1 N–H and O–H groups in total. The van der Waals surface area contributed by atoms with Crippen molar-refractivity contribution in [3.8, 4) is 12.3 Å². The van der Waals surface area contributed by atoms with Crippen LogP contribution in [-0.4, -0.2) is 10.8 Å². The quantitative estimate of drug-likeness (QED) is 0.536. The van der Waals surface area contributed by atoms with E-state index in [2.05, 4.69) is 11.2 Å². The van der Waals surface area contributed by atoms with E-state index in [4.69, 9.17) is 18.0 Å². The molecule has 2 aromatic rings. The van der Waals surface area contributed by atoms with Gasteiger partial charge in [0.15, 0.2) is 0 Å². The van der Waals surface area contributed by atoms with Gasteiger partial charge < -0.3 is 5.32 Å². The van der Waals surface area contributed by atoms with Crippen LogP contribution in [0.2, 0.25) is 5.02 Å². The molecule has 0 unspecified atom stereocenters. The van der Waals surface area contributed by atoms with E-state index in [0.717, 1.165) is 0 Å². The minimum atomic E-state index is -0.611. The van der Waals surface area contributed by atoms with Crippen LogP contribution in [0.5, 0.6) is 0 Å². The first-order valence-corrected chi connectivity index (χ1v) is 6.21. The third-order valence-corrected chi connectivity index (χ3v) is 3.00. The van der Waals surface area contributed by atoms with E-state index in [1.54, 1.807) is 24.3 Å². The monoisotopic (exact) mass is 300 g/mol. The van der Waals surface area contributed by atoms with Crippen molar-refractivity contribution in [2.45, 2.75) is 0 Å². The zero-order valence-electron chi connectivity index (χ0n) is 10.7. The van der Waals surface area contributed by atoms with Crippen molar-refractivity contribution in [2.24, 2.45) is 0 Å². The summed E-state index contributed by atoms with van der Waals surface area (Å²) in [5, 5.41) is 13.2. The summed E-state index contributed by atoms with van der Waals surface area (Å²) in [6.45, 7) is 0. The van der Waals surface area contributed by atoms with E-state index in [-0.39, 0.29) is 16.3 Å². The van der Waals surface area contributed by atoms with Crippen LogP contribution in [-0.2, 0) is 0 Å². The van der Waals surface area contributed by atoms with Gasteiger partial charge in [-0.2, -0.15) is 0 Å². The van der Waals surface area contributed by atoms with E-state index >= 15 is 0 Å². The summed E-state index contributed by atoms with van der Waals surface area (Å²) in [6.07, 6.45) is 5.28. The SMILES string of the molecule is C#Cc1cccc(NC(=O)c2ccc([N+](=O)[O-])c(Cl)c2)c1. The minimum Gasteiger partial charge on any atom is -0.322 e. The van der Waals surface area contributed by atoms with Gasteiger partial charge >= 0.3 is 0 Å². The highest BCUT2D eigenvalue weighted by Gasteiger charge is 2.15. The highest BCUT2D eigenvalue weighted by molar-refractivity contribution is 6.33. The molecule has 0 aromatic heterocycles. The molecule has 0 fully saturated rings. The van der Waals surface area contributed by atoms with Gasteiger partial charge in [0, 0.05) is 22.9 Å². The molecule has 5 nitrogen and oxygen atoms in total. The maximum absolute atomic E-state index is 12.1. The molecule has 0 heterocycles. The second-order valence-electron chi connectivity index (χ2n) is 4.10. The number of anilines is 1. The summed E-state index contributed by atoms with van der Waals surface area (Å²) in [4.78, 5) is 22.1. The topological polar surface area (TPSA) is 72.2 Å². The van der Waals surface area contributed by atoms with Crippen molar-refractivity contribution in [2.75, 3.05) is 5.32 Å². The molecular weight excluding hydrogens is 292 g/mol. The summed E-state index contributed by atoms with van der Waals surface area (Å²) in [6, 6.07) is 10.6. The Labute approximate surface area is 125 Å². The fourth-order valence-corrected chi connectivity index (χ4v) is 1.94. The number of nitrogens with one attached hydrogen (secondary N) is 1. The van der Waals surface area contributed by atoms with E-state index in [1.807, 2.05) is 0 Å². The molecule has 2 rings (SSSR count). The Morgan fingerprint density at radius 3 is 2.67 bits per heavy atom. The number of carbonyl (C=O) groups excluding carboxylic acids is 1. The highest BCUT2D eigenvalue weighted by Crippen LogP contribution is 2.25. The zero-order valence-corrected chi connectivity index (χ0v) is 11.4. The van der Waals surface area contributed by atoms with Crippen molar-refractivity contribution in [3.05, 3.63) is 68.7 Å². The Bertz CT molecular complexity index is 766. The van der Waals surface area contributed by atoms with Crippen LogP contribution < -0.4 is 5.32 Å². The summed E-state index contributed by atoms with van der Waals surface area (Å²) in [5.41, 5.74) is 1.14. The van der Waals surface area contributed by atoms with Crippen LogP contribution in [0.1, 0.15) is 15.9 Å². The van der Waals surface area contributed by atoms with Gasteiger partial charge in [0.05, 0.1) is 4.92 Å². The number of rotatable bonds is 3. The van der Waals surface area contributed by atoms with Gasteiger partial charge in [-0.3, -0.25) is 14.9 Å². The number of benzene rings is 2. The molecule has 21 heavy (non-hydrogen) atoms. The maximum atomic E-state index is 12.1. The van der Waals surface area contributed by atoms with Crippen LogP contribution in [0.15, 0.2) is 42.5 Å². The number of nitro groups is 1. The lowest BCUT2D eigenvalue weighted by atomic mass is 10.1. The summed E-state index contributed by atoms with van der Waals surface area (Å²) < 4.78 is 0. The second kappa shape index (κ2) is 6.07. The molecule has 0 aliphatic heterocycles. The normalized spacial score (nSPS) is 9.71. The second-order valence-corrected chi connectivity index (χ2v) is 4.51. The summed E-state index contributed by atoms with van der Waals surface area (Å²) in [7, 11) is 0. The maximum Gasteiger partial charge on any atom is 0.287 e. The van der Waals surface area contributed by atoms with Gasteiger partial charge in [0.1, 0.15) is 5.02 Å². The van der Waals surface area contributed by atoms with E-state index in [1.165, 1.54) is 18.2 Å². The third kappa shape index (κ3) is 3.38. The number of terminal acetylenes is 1. The van der Waals surface area contributed by atoms with Crippen molar-refractivity contribution >= 4 is 28.9 Å². The Morgan fingerprint density at radius 1 is 1.29 bits per heavy atom. The molecular formula is C15H9ClN2O3. The molecule has 0 radical (unpaired) electrons. The Balaban J connectivity index is 2.22. The molecule has 0 aliphatic carbocycles. The average Bonchev–Trinajstić information content (AvgIpc) is 2.46. The zero-order chi connectivity index (χ0) is 15.4. The number of nitro benzene ring substituents is 1. The highest BCUT2D eigenvalue weighted by atomic mass is 35.5. The molecule has 0 saturated carbocycles. The molecule has 0 bridgehead atoms. The largest absolute Gasteiger partial charge is 0.322 e. The van der Waals surface area contributed by atoms with Gasteiger partial charge in [-0.1, -0.05) is 23.6 Å². The molecule has 0 spiro atoms. The lowest BCUT2D eigenvalue weighted by molar-refractivity contribution is -0.384. The number of nitrogens with zero attached hydrogens (tertiary/aromatic N) is 1. The van der Waals surface area contributed by atoms with Gasteiger partial charge in [-0.15, -0.1) is 6.42 Å². The van der Waals surface area contributed by atoms with Crippen LogP contribution in [0.25, 0.3) is 0 Å². The fraction of sp³-hybridized carbons (Fsp3) is 0. The number of carbonyl (C=O) groups is 1. The first kappa shape index (κ1) is 14.6. The molecule has 6 heteroatoms.